The van der Waals surface area contributed by atoms with Crippen LogP contribution in [0, 0.1) is 12.7 Å². The highest BCUT2D eigenvalue weighted by atomic mass is 32.1. The van der Waals surface area contributed by atoms with E-state index in [1.165, 1.54) is 10.9 Å². The maximum atomic E-state index is 13.4. The monoisotopic (exact) mass is 278 g/mol. The van der Waals surface area contributed by atoms with Crippen molar-refractivity contribution < 1.29 is 4.39 Å². The molecule has 2 aromatic rings. The second-order valence-corrected chi connectivity index (χ2v) is 6.35. The summed E-state index contributed by atoms with van der Waals surface area (Å²) in [5, 5.41) is 5.40. The Balaban J connectivity index is 2.13. The van der Waals surface area contributed by atoms with Crippen LogP contribution in [0.4, 0.5) is 15.8 Å². The number of rotatable bonds is 4. The summed E-state index contributed by atoms with van der Waals surface area (Å²) in [5.41, 5.74) is 7.70. The average Bonchev–Trinajstić information content (AvgIpc) is 2.86. The number of thiophene rings is 1. The minimum absolute atomic E-state index is 0.0168. The highest BCUT2D eigenvalue weighted by Crippen LogP contribution is 2.29. The van der Waals surface area contributed by atoms with Crippen molar-refractivity contribution in [2.75, 3.05) is 17.6 Å². The molecule has 0 radical (unpaired) electrons. The van der Waals surface area contributed by atoms with E-state index >= 15 is 0 Å². The maximum absolute atomic E-state index is 13.4. The van der Waals surface area contributed by atoms with Gasteiger partial charge in [0.15, 0.2) is 0 Å². The van der Waals surface area contributed by atoms with Gasteiger partial charge in [-0.1, -0.05) is 19.9 Å². The summed E-state index contributed by atoms with van der Waals surface area (Å²) < 4.78 is 13.4. The number of hydrogen-bond donors (Lipinski definition) is 2. The fourth-order valence-corrected chi connectivity index (χ4v) is 2.77. The number of nitrogens with two attached hydrogens (primary N) is 1. The van der Waals surface area contributed by atoms with Gasteiger partial charge in [-0.2, -0.15) is 0 Å². The first kappa shape index (κ1) is 13.9. The third-order valence-corrected chi connectivity index (χ3v) is 4.48. The molecule has 0 atom stereocenters. The van der Waals surface area contributed by atoms with Crippen LogP contribution in [0.2, 0.25) is 0 Å². The van der Waals surface area contributed by atoms with E-state index in [4.69, 9.17) is 5.73 Å². The van der Waals surface area contributed by atoms with E-state index in [9.17, 15) is 4.39 Å². The fraction of sp³-hybridized carbons (Fsp3) is 0.333. The molecule has 1 aromatic carbocycles. The number of nitrogens with one attached hydrogen (secondary N) is 1. The van der Waals surface area contributed by atoms with Crippen molar-refractivity contribution in [1.82, 2.24) is 0 Å². The summed E-state index contributed by atoms with van der Waals surface area (Å²) in [5.74, 6) is -0.263. The average molecular weight is 278 g/mol. The van der Waals surface area contributed by atoms with Gasteiger partial charge in [0.05, 0.1) is 11.4 Å². The van der Waals surface area contributed by atoms with E-state index in [0.29, 0.717) is 11.3 Å². The summed E-state index contributed by atoms with van der Waals surface area (Å²) in [4.78, 5) is 1.32. The van der Waals surface area contributed by atoms with Gasteiger partial charge in [0.25, 0.3) is 0 Å². The Bertz CT molecular complexity index is 562. The Morgan fingerprint density at radius 1 is 1.37 bits per heavy atom. The van der Waals surface area contributed by atoms with Gasteiger partial charge >= 0.3 is 0 Å². The fourth-order valence-electron chi connectivity index (χ4n) is 1.92. The minimum Gasteiger partial charge on any atom is -0.397 e. The molecule has 0 spiro atoms. The number of nitrogen functional groups attached to an aromatic ring is 1. The smallest absolute Gasteiger partial charge is 0.128 e. The molecule has 1 aromatic heterocycles. The number of aryl methyl sites for hydroxylation is 1. The highest BCUT2D eigenvalue weighted by Gasteiger charge is 2.21. The summed E-state index contributed by atoms with van der Waals surface area (Å²) >= 11 is 1.74. The third-order valence-electron chi connectivity index (χ3n) is 3.24. The van der Waals surface area contributed by atoms with Crippen molar-refractivity contribution in [2.45, 2.75) is 26.2 Å². The quantitative estimate of drug-likeness (QED) is 0.824. The van der Waals surface area contributed by atoms with Crippen molar-refractivity contribution in [3.63, 3.8) is 0 Å². The molecule has 102 valence electrons. The zero-order chi connectivity index (χ0) is 14.0. The molecule has 2 rings (SSSR count). The van der Waals surface area contributed by atoms with Crippen LogP contribution >= 0.6 is 11.3 Å². The lowest BCUT2D eigenvalue weighted by molar-refractivity contribution is 0.569. The number of halogens is 1. The maximum Gasteiger partial charge on any atom is 0.128 e. The van der Waals surface area contributed by atoms with E-state index in [0.717, 1.165) is 12.2 Å². The minimum atomic E-state index is -0.263. The van der Waals surface area contributed by atoms with Gasteiger partial charge < -0.3 is 11.1 Å². The van der Waals surface area contributed by atoms with Crippen LogP contribution in [0.1, 0.15) is 24.3 Å². The van der Waals surface area contributed by atoms with Gasteiger partial charge in [-0.3, -0.25) is 0 Å². The lowest BCUT2D eigenvalue weighted by atomic mass is 9.91. The van der Waals surface area contributed by atoms with Crippen LogP contribution in [-0.2, 0) is 5.41 Å². The highest BCUT2D eigenvalue weighted by molar-refractivity contribution is 7.10. The number of anilines is 2. The van der Waals surface area contributed by atoms with Crippen molar-refractivity contribution in [2.24, 2.45) is 0 Å². The van der Waals surface area contributed by atoms with E-state index in [-0.39, 0.29) is 11.2 Å². The van der Waals surface area contributed by atoms with Gasteiger partial charge in [0, 0.05) is 16.8 Å². The Hall–Kier alpha value is -1.55. The van der Waals surface area contributed by atoms with Crippen molar-refractivity contribution in [1.29, 1.82) is 0 Å². The molecule has 0 aliphatic rings. The summed E-state index contributed by atoms with van der Waals surface area (Å²) in [6, 6.07) is 7.31. The first-order chi connectivity index (χ1) is 8.90. The van der Waals surface area contributed by atoms with Gasteiger partial charge in [-0.05, 0) is 36.1 Å². The standard InChI is InChI=1S/C15H19FN2S/c1-10-7-13(12(17)8-11(10)16)18-9-15(2,3)14-5-4-6-19-14/h4-8,18H,9,17H2,1-3H3. The van der Waals surface area contributed by atoms with Crippen molar-refractivity contribution in [3.8, 4) is 0 Å². The van der Waals surface area contributed by atoms with Crippen LogP contribution in [0.5, 0.6) is 0 Å². The molecule has 0 aliphatic heterocycles. The Morgan fingerprint density at radius 3 is 2.74 bits per heavy atom. The molecule has 0 fully saturated rings. The summed E-state index contributed by atoms with van der Waals surface area (Å²) in [6.07, 6.45) is 0. The van der Waals surface area contributed by atoms with E-state index in [1.54, 1.807) is 24.3 Å². The van der Waals surface area contributed by atoms with Crippen LogP contribution in [0.25, 0.3) is 0 Å². The van der Waals surface area contributed by atoms with Crippen molar-refractivity contribution in [3.05, 3.63) is 45.9 Å². The Morgan fingerprint density at radius 2 is 2.11 bits per heavy atom. The molecule has 0 bridgehead atoms. The molecule has 19 heavy (non-hydrogen) atoms. The zero-order valence-electron chi connectivity index (χ0n) is 11.5. The molecular formula is C15H19FN2S. The predicted molar refractivity (Wildman–Crippen MR) is 81.4 cm³/mol. The second-order valence-electron chi connectivity index (χ2n) is 5.40. The van der Waals surface area contributed by atoms with Gasteiger partial charge in [-0.25, -0.2) is 4.39 Å². The molecule has 0 unspecified atom stereocenters. The van der Waals surface area contributed by atoms with Crippen LogP contribution in [0.15, 0.2) is 29.6 Å². The molecule has 3 N–H and O–H groups in total. The molecule has 2 nitrogen and oxygen atoms in total. The summed E-state index contributed by atoms with van der Waals surface area (Å²) in [6.45, 7) is 6.85. The lowest BCUT2D eigenvalue weighted by Gasteiger charge is -2.25. The number of benzene rings is 1. The molecule has 0 amide bonds. The van der Waals surface area contributed by atoms with E-state index < -0.39 is 0 Å². The van der Waals surface area contributed by atoms with Gasteiger partial charge in [0.2, 0.25) is 0 Å². The van der Waals surface area contributed by atoms with Crippen molar-refractivity contribution >= 4 is 22.7 Å². The number of hydrogen-bond acceptors (Lipinski definition) is 3. The topological polar surface area (TPSA) is 38.0 Å². The predicted octanol–water partition coefficient (Wildman–Crippen LogP) is 4.17. The molecular weight excluding hydrogens is 259 g/mol. The SMILES string of the molecule is Cc1cc(NCC(C)(C)c2cccs2)c(N)cc1F. The third kappa shape index (κ3) is 3.07. The van der Waals surface area contributed by atoms with Gasteiger partial charge in [-0.15, -0.1) is 11.3 Å². The largest absolute Gasteiger partial charge is 0.397 e. The summed E-state index contributed by atoms with van der Waals surface area (Å²) in [7, 11) is 0. The Labute approximate surface area is 117 Å². The van der Waals surface area contributed by atoms with E-state index in [2.05, 4.69) is 36.7 Å². The molecule has 1 heterocycles. The normalized spacial score (nSPS) is 11.6. The first-order valence-electron chi connectivity index (χ1n) is 6.23. The first-order valence-corrected chi connectivity index (χ1v) is 7.11. The lowest BCUT2D eigenvalue weighted by Crippen LogP contribution is -2.26. The second kappa shape index (κ2) is 5.21. The van der Waals surface area contributed by atoms with Crippen LogP contribution < -0.4 is 11.1 Å². The zero-order valence-corrected chi connectivity index (χ0v) is 12.3. The van der Waals surface area contributed by atoms with Crippen LogP contribution in [-0.4, -0.2) is 6.54 Å². The molecule has 4 heteroatoms. The molecule has 0 aliphatic carbocycles. The van der Waals surface area contributed by atoms with Gasteiger partial charge in [0.1, 0.15) is 5.82 Å². The van der Waals surface area contributed by atoms with E-state index in [1.807, 2.05) is 0 Å². The molecule has 0 saturated heterocycles. The molecule has 0 saturated carbocycles. The van der Waals surface area contributed by atoms with Crippen LogP contribution in [0.3, 0.4) is 0 Å². The Kier molecular flexibility index (Phi) is 3.80.